The predicted octanol–water partition coefficient (Wildman–Crippen LogP) is 3.08. The lowest BCUT2D eigenvalue weighted by molar-refractivity contribution is -0.168. The van der Waals surface area contributed by atoms with Crippen LogP contribution in [0.4, 0.5) is 0 Å². The SMILES string of the molecule is CCOC(=O)C1=C(N[C@H](C)c2ccccc2)CCC2(C1)OCCO2. The second-order valence-electron chi connectivity index (χ2n) is 6.24. The Balaban J connectivity index is 1.82. The topological polar surface area (TPSA) is 56.8 Å². The highest BCUT2D eigenvalue weighted by atomic mass is 16.7. The first-order valence-corrected chi connectivity index (χ1v) is 8.62. The van der Waals surface area contributed by atoms with Crippen molar-refractivity contribution in [2.45, 2.75) is 44.9 Å². The van der Waals surface area contributed by atoms with E-state index in [2.05, 4.69) is 24.4 Å². The lowest BCUT2D eigenvalue weighted by Gasteiger charge is -2.34. The van der Waals surface area contributed by atoms with E-state index in [1.54, 1.807) is 0 Å². The summed E-state index contributed by atoms with van der Waals surface area (Å²) in [5.41, 5.74) is 2.77. The van der Waals surface area contributed by atoms with Gasteiger partial charge in [0.1, 0.15) is 0 Å². The molecule has 1 aromatic carbocycles. The van der Waals surface area contributed by atoms with Gasteiger partial charge in [-0.15, -0.1) is 0 Å². The lowest BCUT2D eigenvalue weighted by atomic mass is 9.90. The maximum absolute atomic E-state index is 12.4. The molecule has 0 aromatic heterocycles. The summed E-state index contributed by atoms with van der Waals surface area (Å²) < 4.78 is 16.8. The molecule has 5 nitrogen and oxygen atoms in total. The van der Waals surface area contributed by atoms with E-state index in [9.17, 15) is 4.79 Å². The van der Waals surface area contributed by atoms with E-state index in [1.165, 1.54) is 5.56 Å². The van der Waals surface area contributed by atoms with E-state index in [1.807, 2.05) is 25.1 Å². The van der Waals surface area contributed by atoms with Crippen LogP contribution in [0.25, 0.3) is 0 Å². The van der Waals surface area contributed by atoms with E-state index < -0.39 is 5.79 Å². The van der Waals surface area contributed by atoms with Crippen LogP contribution < -0.4 is 5.32 Å². The largest absolute Gasteiger partial charge is 0.463 e. The molecule has 1 spiro atoms. The zero-order valence-corrected chi connectivity index (χ0v) is 14.3. The summed E-state index contributed by atoms with van der Waals surface area (Å²) in [6.07, 6.45) is 1.90. The summed E-state index contributed by atoms with van der Waals surface area (Å²) >= 11 is 0. The second kappa shape index (κ2) is 7.36. The zero-order chi connectivity index (χ0) is 17.0. The van der Waals surface area contributed by atoms with Gasteiger partial charge in [-0.2, -0.15) is 0 Å². The van der Waals surface area contributed by atoms with Crippen molar-refractivity contribution >= 4 is 5.97 Å². The van der Waals surface area contributed by atoms with E-state index in [0.717, 1.165) is 12.1 Å². The molecule has 1 heterocycles. The molecule has 0 saturated carbocycles. The first kappa shape index (κ1) is 17.0. The molecule has 1 fully saturated rings. The molecule has 1 N–H and O–H groups in total. The maximum Gasteiger partial charge on any atom is 0.335 e. The molecule has 1 aliphatic heterocycles. The number of allylic oxidation sites excluding steroid dienone is 1. The Morgan fingerprint density at radius 1 is 1.29 bits per heavy atom. The number of ether oxygens (including phenoxy) is 3. The Labute approximate surface area is 143 Å². The number of esters is 1. The molecule has 130 valence electrons. The van der Waals surface area contributed by atoms with Crippen LogP contribution >= 0.6 is 0 Å². The second-order valence-corrected chi connectivity index (χ2v) is 6.24. The Hall–Kier alpha value is -1.85. The van der Waals surface area contributed by atoms with Gasteiger partial charge in [-0.1, -0.05) is 30.3 Å². The fourth-order valence-electron chi connectivity index (χ4n) is 3.33. The van der Waals surface area contributed by atoms with E-state index in [0.29, 0.717) is 38.2 Å². The van der Waals surface area contributed by atoms with Gasteiger partial charge < -0.3 is 19.5 Å². The molecule has 24 heavy (non-hydrogen) atoms. The fraction of sp³-hybridized carbons (Fsp3) is 0.526. The van der Waals surface area contributed by atoms with Crippen LogP contribution in [0.3, 0.4) is 0 Å². The van der Waals surface area contributed by atoms with E-state index in [-0.39, 0.29) is 12.0 Å². The Morgan fingerprint density at radius 2 is 2.00 bits per heavy atom. The van der Waals surface area contributed by atoms with Gasteiger partial charge in [0.25, 0.3) is 0 Å². The number of hydrogen-bond donors (Lipinski definition) is 1. The molecule has 1 aliphatic carbocycles. The highest BCUT2D eigenvalue weighted by molar-refractivity contribution is 5.89. The number of hydrogen-bond acceptors (Lipinski definition) is 5. The zero-order valence-electron chi connectivity index (χ0n) is 14.3. The van der Waals surface area contributed by atoms with Crippen LogP contribution in [0, 0.1) is 0 Å². The van der Waals surface area contributed by atoms with E-state index >= 15 is 0 Å². The molecule has 0 radical (unpaired) electrons. The van der Waals surface area contributed by atoms with Crippen molar-refractivity contribution in [1.29, 1.82) is 0 Å². The van der Waals surface area contributed by atoms with Gasteiger partial charge in [0.15, 0.2) is 5.79 Å². The molecular weight excluding hydrogens is 306 g/mol. The first-order chi connectivity index (χ1) is 11.6. The summed E-state index contributed by atoms with van der Waals surface area (Å²) in [6.45, 7) is 5.44. The van der Waals surface area contributed by atoms with Crippen LogP contribution in [-0.4, -0.2) is 31.6 Å². The Bertz CT molecular complexity index is 605. The van der Waals surface area contributed by atoms with Gasteiger partial charge in [-0.3, -0.25) is 0 Å². The third-order valence-electron chi connectivity index (χ3n) is 4.59. The number of carbonyl (C=O) groups excluding carboxylic acids is 1. The van der Waals surface area contributed by atoms with Gasteiger partial charge >= 0.3 is 5.97 Å². The van der Waals surface area contributed by atoms with E-state index in [4.69, 9.17) is 14.2 Å². The minimum absolute atomic E-state index is 0.116. The Kier molecular flexibility index (Phi) is 5.21. The van der Waals surface area contributed by atoms with Crippen LogP contribution in [0.15, 0.2) is 41.6 Å². The standard InChI is InChI=1S/C19H25NO4/c1-3-22-18(21)16-13-19(23-11-12-24-19)10-9-17(16)20-14(2)15-7-5-4-6-8-15/h4-8,14,20H,3,9-13H2,1-2H3/t14-/m1/s1. The van der Waals surface area contributed by atoms with Crippen LogP contribution in [-0.2, 0) is 19.0 Å². The third kappa shape index (κ3) is 3.62. The molecule has 5 heteroatoms. The molecule has 0 unspecified atom stereocenters. The monoisotopic (exact) mass is 331 g/mol. The summed E-state index contributed by atoms with van der Waals surface area (Å²) in [7, 11) is 0. The maximum atomic E-state index is 12.4. The fourth-order valence-corrected chi connectivity index (χ4v) is 3.33. The van der Waals surface area contributed by atoms with Gasteiger partial charge in [0.2, 0.25) is 0 Å². The summed E-state index contributed by atoms with van der Waals surface area (Å²) in [5.74, 6) is -0.929. The lowest BCUT2D eigenvalue weighted by Crippen LogP contribution is -2.38. The molecule has 1 saturated heterocycles. The predicted molar refractivity (Wildman–Crippen MR) is 90.1 cm³/mol. The summed E-state index contributed by atoms with van der Waals surface area (Å²) in [5, 5.41) is 3.50. The normalized spacial score (nSPS) is 20.9. The molecule has 0 amide bonds. The average molecular weight is 331 g/mol. The van der Waals surface area contributed by atoms with Crippen molar-refractivity contribution in [2.75, 3.05) is 19.8 Å². The number of rotatable bonds is 5. The third-order valence-corrected chi connectivity index (χ3v) is 4.59. The van der Waals surface area contributed by atoms with Crippen molar-refractivity contribution in [3.05, 3.63) is 47.2 Å². The number of carbonyl (C=O) groups is 1. The molecular formula is C19H25NO4. The van der Waals surface area contributed by atoms with Gasteiger partial charge in [-0.05, 0) is 25.8 Å². The highest BCUT2D eigenvalue weighted by Crippen LogP contribution is 2.39. The van der Waals surface area contributed by atoms with Crippen LogP contribution in [0.5, 0.6) is 0 Å². The van der Waals surface area contributed by atoms with Crippen molar-refractivity contribution < 1.29 is 19.0 Å². The average Bonchev–Trinajstić information content (AvgIpc) is 3.05. The van der Waals surface area contributed by atoms with Crippen molar-refractivity contribution in [3.63, 3.8) is 0 Å². The Morgan fingerprint density at radius 3 is 2.67 bits per heavy atom. The van der Waals surface area contributed by atoms with Crippen molar-refractivity contribution in [2.24, 2.45) is 0 Å². The minimum atomic E-state index is -0.650. The smallest absolute Gasteiger partial charge is 0.335 e. The molecule has 1 atom stereocenters. The molecule has 0 bridgehead atoms. The quantitative estimate of drug-likeness (QED) is 0.840. The number of benzene rings is 1. The van der Waals surface area contributed by atoms with Gasteiger partial charge in [0.05, 0.1) is 25.4 Å². The number of nitrogens with one attached hydrogen (secondary N) is 1. The first-order valence-electron chi connectivity index (χ1n) is 8.62. The highest BCUT2D eigenvalue weighted by Gasteiger charge is 2.43. The van der Waals surface area contributed by atoms with Gasteiger partial charge in [0, 0.05) is 24.6 Å². The summed E-state index contributed by atoms with van der Waals surface area (Å²) in [4.78, 5) is 12.4. The summed E-state index contributed by atoms with van der Waals surface area (Å²) in [6, 6.07) is 10.3. The van der Waals surface area contributed by atoms with Crippen molar-refractivity contribution in [3.8, 4) is 0 Å². The molecule has 1 aromatic rings. The molecule has 3 rings (SSSR count). The van der Waals surface area contributed by atoms with Gasteiger partial charge in [-0.25, -0.2) is 4.79 Å². The minimum Gasteiger partial charge on any atom is -0.463 e. The molecule has 2 aliphatic rings. The van der Waals surface area contributed by atoms with Crippen LogP contribution in [0.1, 0.15) is 44.7 Å². The van der Waals surface area contributed by atoms with Crippen LogP contribution in [0.2, 0.25) is 0 Å². The van der Waals surface area contributed by atoms with Crippen molar-refractivity contribution in [1.82, 2.24) is 5.32 Å².